The molecule has 2 aromatic heterocycles. The minimum absolute atomic E-state index is 0.0906. The molecule has 0 atom stereocenters. The lowest BCUT2D eigenvalue weighted by Gasteiger charge is -2.14. The van der Waals surface area contributed by atoms with Crippen molar-refractivity contribution >= 4 is 23.5 Å². The molecule has 0 aliphatic heterocycles. The Morgan fingerprint density at radius 1 is 1.21 bits per heavy atom. The molecular weight excluding hydrogens is 454 g/mol. The van der Waals surface area contributed by atoms with Gasteiger partial charge < -0.3 is 20.3 Å². The molecule has 0 spiro atoms. The van der Waals surface area contributed by atoms with Gasteiger partial charge in [0.2, 0.25) is 5.16 Å². The van der Waals surface area contributed by atoms with E-state index in [2.05, 4.69) is 41.2 Å². The van der Waals surface area contributed by atoms with Crippen LogP contribution in [0.5, 0.6) is 5.75 Å². The molecule has 0 unspecified atom stereocenters. The van der Waals surface area contributed by atoms with E-state index in [0.29, 0.717) is 39.4 Å². The van der Waals surface area contributed by atoms with Crippen molar-refractivity contribution < 1.29 is 19.1 Å². The van der Waals surface area contributed by atoms with Gasteiger partial charge in [-0.05, 0) is 56.4 Å². The second-order valence-corrected chi connectivity index (χ2v) is 9.25. The summed E-state index contributed by atoms with van der Waals surface area (Å²) in [4.78, 5) is 28.0. The van der Waals surface area contributed by atoms with Gasteiger partial charge in [0.25, 0.3) is 0 Å². The number of nitrogens with zero attached hydrogens (tertiary/aromatic N) is 3. The van der Waals surface area contributed by atoms with E-state index in [1.807, 2.05) is 13.0 Å². The molecule has 0 fully saturated rings. The number of aryl methyl sites for hydroxylation is 2. The lowest BCUT2D eigenvalue weighted by molar-refractivity contribution is 0.0519. The topological polar surface area (TPSA) is 125 Å². The summed E-state index contributed by atoms with van der Waals surface area (Å²) in [5, 5.41) is 8.63. The van der Waals surface area contributed by atoms with E-state index >= 15 is 0 Å². The number of hydrogen-bond acceptors (Lipinski definition) is 8. The summed E-state index contributed by atoms with van der Waals surface area (Å²) in [6.07, 6.45) is 0. The van der Waals surface area contributed by atoms with E-state index in [9.17, 15) is 9.59 Å². The third-order valence-corrected chi connectivity index (χ3v) is 6.35. The van der Waals surface area contributed by atoms with Gasteiger partial charge in [0.05, 0.1) is 12.4 Å². The fraction of sp³-hybridized carbons (Fsp3) is 0.417. The molecule has 2 heterocycles. The highest BCUT2D eigenvalue weighted by atomic mass is 32.2. The van der Waals surface area contributed by atoms with Crippen molar-refractivity contribution in [1.29, 1.82) is 0 Å². The normalized spacial score (nSPS) is 11.1. The van der Waals surface area contributed by atoms with Crippen molar-refractivity contribution in [2.24, 2.45) is 0 Å². The number of carbonyl (C=O) groups excluding carboxylic acids is 2. The maximum absolute atomic E-state index is 12.9. The number of carbonyl (C=O) groups is 2. The number of nitrogen functional groups attached to an aromatic ring is 1. The maximum atomic E-state index is 12.9. The summed E-state index contributed by atoms with van der Waals surface area (Å²) in [6, 6.07) is 6.11. The van der Waals surface area contributed by atoms with Gasteiger partial charge in [-0.1, -0.05) is 37.7 Å². The Hall–Kier alpha value is -3.27. The molecule has 9 nitrogen and oxygen atoms in total. The van der Waals surface area contributed by atoms with Crippen molar-refractivity contribution in [2.45, 2.75) is 59.2 Å². The van der Waals surface area contributed by atoms with Crippen LogP contribution in [-0.2, 0) is 11.3 Å². The standard InChI is InChI=1S/C24H31N5O4S/c1-7-32-23(31)22-15(5)21(16(6)26-22)18(30)12-34-24-28-27-20(29(24)25)11-33-19-10-14(4)8-9-17(19)13(2)3/h8-10,13,26H,7,11-12,25H2,1-6H3. The van der Waals surface area contributed by atoms with E-state index in [-0.39, 0.29) is 24.7 Å². The van der Waals surface area contributed by atoms with Gasteiger partial charge in [0.15, 0.2) is 11.6 Å². The number of rotatable bonds is 10. The Morgan fingerprint density at radius 2 is 1.94 bits per heavy atom. The number of thioether (sulfide) groups is 1. The minimum Gasteiger partial charge on any atom is -0.485 e. The SMILES string of the molecule is CCOC(=O)c1[nH]c(C)c(C(=O)CSc2nnc(COc3cc(C)ccc3C(C)C)n2N)c1C. The van der Waals surface area contributed by atoms with E-state index in [0.717, 1.165) is 16.9 Å². The van der Waals surface area contributed by atoms with Crippen LogP contribution in [0.15, 0.2) is 23.4 Å². The zero-order valence-corrected chi connectivity index (χ0v) is 21.2. The Morgan fingerprint density at radius 3 is 2.62 bits per heavy atom. The van der Waals surface area contributed by atoms with Gasteiger partial charge in [-0.15, -0.1) is 10.2 Å². The smallest absolute Gasteiger partial charge is 0.355 e. The highest BCUT2D eigenvalue weighted by Gasteiger charge is 2.23. The lowest BCUT2D eigenvalue weighted by Crippen LogP contribution is -2.17. The van der Waals surface area contributed by atoms with Crippen LogP contribution in [0, 0.1) is 20.8 Å². The average Bonchev–Trinajstić information content (AvgIpc) is 3.28. The Balaban J connectivity index is 1.67. The van der Waals surface area contributed by atoms with Crippen molar-refractivity contribution in [1.82, 2.24) is 19.9 Å². The van der Waals surface area contributed by atoms with Crippen LogP contribution in [-0.4, -0.2) is 44.0 Å². The monoisotopic (exact) mass is 485 g/mol. The van der Waals surface area contributed by atoms with Gasteiger partial charge in [-0.2, -0.15) is 0 Å². The van der Waals surface area contributed by atoms with Crippen molar-refractivity contribution in [3.05, 3.63) is 57.7 Å². The predicted molar refractivity (Wildman–Crippen MR) is 131 cm³/mol. The number of esters is 1. The molecule has 0 bridgehead atoms. The number of Topliss-reactive ketones (excluding diaryl/α,β-unsaturated/α-hetero) is 1. The fourth-order valence-electron chi connectivity index (χ4n) is 3.67. The van der Waals surface area contributed by atoms with Crippen LogP contribution in [0.2, 0.25) is 0 Å². The highest BCUT2D eigenvalue weighted by molar-refractivity contribution is 7.99. The quantitative estimate of drug-likeness (QED) is 0.190. The van der Waals surface area contributed by atoms with Crippen LogP contribution < -0.4 is 10.6 Å². The van der Waals surface area contributed by atoms with Crippen LogP contribution in [0.1, 0.15) is 75.7 Å². The summed E-state index contributed by atoms with van der Waals surface area (Å²) in [7, 11) is 0. The van der Waals surface area contributed by atoms with Gasteiger partial charge in [0, 0.05) is 11.3 Å². The number of aromatic amines is 1. The fourth-order valence-corrected chi connectivity index (χ4v) is 4.42. The zero-order chi connectivity index (χ0) is 25.0. The number of hydrogen-bond donors (Lipinski definition) is 2. The van der Waals surface area contributed by atoms with Crippen molar-refractivity contribution in [2.75, 3.05) is 18.2 Å². The number of nitrogens with one attached hydrogen (secondary N) is 1. The first-order valence-corrected chi connectivity index (χ1v) is 12.1. The number of ketones is 1. The predicted octanol–water partition coefficient (Wildman–Crippen LogP) is 4.10. The molecule has 0 amide bonds. The summed E-state index contributed by atoms with van der Waals surface area (Å²) >= 11 is 1.18. The van der Waals surface area contributed by atoms with E-state index in [1.165, 1.54) is 16.4 Å². The molecule has 0 saturated heterocycles. The lowest BCUT2D eigenvalue weighted by atomic mass is 10.0. The van der Waals surface area contributed by atoms with Crippen LogP contribution in [0.25, 0.3) is 0 Å². The maximum Gasteiger partial charge on any atom is 0.355 e. The zero-order valence-electron chi connectivity index (χ0n) is 20.4. The van der Waals surface area contributed by atoms with E-state index < -0.39 is 5.97 Å². The molecule has 3 N–H and O–H groups in total. The third kappa shape index (κ3) is 5.44. The van der Waals surface area contributed by atoms with Crippen molar-refractivity contribution in [3.8, 4) is 5.75 Å². The molecule has 0 aliphatic carbocycles. The van der Waals surface area contributed by atoms with E-state index in [4.69, 9.17) is 15.3 Å². The Kier molecular flexibility index (Phi) is 8.03. The highest BCUT2D eigenvalue weighted by Crippen LogP contribution is 2.28. The van der Waals surface area contributed by atoms with Gasteiger partial charge in [-0.25, -0.2) is 9.47 Å². The second kappa shape index (κ2) is 10.8. The molecule has 0 saturated carbocycles. The largest absolute Gasteiger partial charge is 0.485 e. The first-order valence-electron chi connectivity index (χ1n) is 11.1. The number of H-pyrrole nitrogens is 1. The molecule has 182 valence electrons. The molecule has 1 aromatic carbocycles. The molecule has 0 radical (unpaired) electrons. The number of aromatic nitrogens is 4. The summed E-state index contributed by atoms with van der Waals surface area (Å²) in [5.41, 5.74) is 4.17. The van der Waals surface area contributed by atoms with Crippen molar-refractivity contribution in [3.63, 3.8) is 0 Å². The van der Waals surface area contributed by atoms with Gasteiger partial charge >= 0.3 is 5.97 Å². The number of ether oxygens (including phenoxy) is 2. The molecular formula is C24H31N5O4S. The third-order valence-electron chi connectivity index (χ3n) is 5.41. The van der Waals surface area contributed by atoms with Crippen LogP contribution in [0.4, 0.5) is 0 Å². The summed E-state index contributed by atoms with van der Waals surface area (Å²) in [5.74, 6) is 7.19. The molecule has 34 heavy (non-hydrogen) atoms. The van der Waals surface area contributed by atoms with Crippen LogP contribution >= 0.6 is 11.8 Å². The average molecular weight is 486 g/mol. The Labute approximate surface area is 203 Å². The molecule has 10 heteroatoms. The summed E-state index contributed by atoms with van der Waals surface area (Å²) in [6.45, 7) is 11.9. The summed E-state index contributed by atoms with van der Waals surface area (Å²) < 4.78 is 12.4. The van der Waals surface area contributed by atoms with Gasteiger partial charge in [-0.3, -0.25) is 4.79 Å². The minimum atomic E-state index is -0.476. The molecule has 3 rings (SSSR count). The second-order valence-electron chi connectivity index (χ2n) is 8.31. The first-order chi connectivity index (χ1) is 16.1. The number of nitrogens with two attached hydrogens (primary N) is 1. The first kappa shape index (κ1) is 25.4. The van der Waals surface area contributed by atoms with Crippen LogP contribution in [0.3, 0.4) is 0 Å². The Bertz CT molecular complexity index is 1200. The molecule has 0 aliphatic rings. The van der Waals surface area contributed by atoms with Gasteiger partial charge in [0.1, 0.15) is 18.1 Å². The molecule has 3 aromatic rings. The number of benzene rings is 1. The van der Waals surface area contributed by atoms with E-state index in [1.54, 1.807) is 20.8 Å².